The van der Waals surface area contributed by atoms with Crippen LogP contribution in [-0.4, -0.2) is 10.9 Å². The van der Waals surface area contributed by atoms with Crippen LogP contribution in [0, 0.1) is 13.8 Å². The molecule has 1 amide bonds. The third kappa shape index (κ3) is 2.82. The zero-order chi connectivity index (χ0) is 14.0. The molecule has 2 aromatic rings. The van der Waals surface area contributed by atoms with E-state index in [2.05, 4.69) is 10.3 Å². The molecule has 0 aliphatic heterocycles. The number of hydrogen-bond acceptors (Lipinski definition) is 4. The van der Waals surface area contributed by atoms with Gasteiger partial charge in [-0.2, -0.15) is 0 Å². The third-order valence-electron chi connectivity index (χ3n) is 2.83. The summed E-state index contributed by atoms with van der Waals surface area (Å²) in [5, 5.41) is 3.19. The smallest absolute Gasteiger partial charge is 0.248 e. The predicted octanol–water partition coefficient (Wildman–Crippen LogP) is 2.12. The molecule has 0 fully saturated rings. The molecule has 0 spiro atoms. The standard InChI is InChI=1S/C14H16N4O/c1-8-3-5-12(9(2)17-8)18-13-6-4-10(14(16)19)7-11(13)15/h3-7,18H,15H2,1-2H3,(H2,16,19). The van der Waals surface area contributed by atoms with Crippen molar-refractivity contribution in [3.05, 3.63) is 47.3 Å². The molecule has 5 heteroatoms. The summed E-state index contributed by atoms with van der Waals surface area (Å²) in [6, 6.07) is 8.79. The average molecular weight is 256 g/mol. The van der Waals surface area contributed by atoms with Crippen molar-refractivity contribution in [3.8, 4) is 0 Å². The summed E-state index contributed by atoms with van der Waals surface area (Å²) < 4.78 is 0. The number of benzene rings is 1. The molecule has 0 saturated heterocycles. The van der Waals surface area contributed by atoms with Crippen LogP contribution < -0.4 is 16.8 Å². The number of aryl methyl sites for hydroxylation is 2. The van der Waals surface area contributed by atoms with Crippen molar-refractivity contribution < 1.29 is 4.79 Å². The highest BCUT2D eigenvalue weighted by Crippen LogP contribution is 2.25. The number of rotatable bonds is 3. The number of primary amides is 1. The van der Waals surface area contributed by atoms with Gasteiger partial charge in [0.15, 0.2) is 0 Å². The zero-order valence-electron chi connectivity index (χ0n) is 10.9. The highest BCUT2D eigenvalue weighted by molar-refractivity contribution is 5.95. The fourth-order valence-corrected chi connectivity index (χ4v) is 1.79. The van der Waals surface area contributed by atoms with E-state index < -0.39 is 5.91 Å². The second kappa shape index (κ2) is 4.97. The Balaban J connectivity index is 2.31. The van der Waals surface area contributed by atoms with E-state index in [9.17, 15) is 4.79 Å². The molecule has 0 atom stereocenters. The van der Waals surface area contributed by atoms with Crippen LogP contribution in [0.15, 0.2) is 30.3 Å². The number of carbonyl (C=O) groups is 1. The molecule has 5 N–H and O–H groups in total. The molecular formula is C14H16N4O. The van der Waals surface area contributed by atoms with E-state index in [0.717, 1.165) is 22.8 Å². The molecule has 0 aliphatic rings. The van der Waals surface area contributed by atoms with Gasteiger partial charge in [0.25, 0.3) is 0 Å². The van der Waals surface area contributed by atoms with E-state index >= 15 is 0 Å². The van der Waals surface area contributed by atoms with Crippen LogP contribution in [0.1, 0.15) is 21.7 Å². The van der Waals surface area contributed by atoms with Gasteiger partial charge in [-0.3, -0.25) is 9.78 Å². The summed E-state index contributed by atoms with van der Waals surface area (Å²) in [4.78, 5) is 15.4. The minimum atomic E-state index is -0.494. The number of nitrogen functional groups attached to an aromatic ring is 1. The molecule has 2 rings (SSSR count). The molecule has 0 saturated carbocycles. The largest absolute Gasteiger partial charge is 0.397 e. The number of nitrogens with one attached hydrogen (secondary N) is 1. The second-order valence-electron chi connectivity index (χ2n) is 4.38. The van der Waals surface area contributed by atoms with Crippen LogP contribution >= 0.6 is 0 Å². The van der Waals surface area contributed by atoms with E-state index in [1.165, 1.54) is 0 Å². The number of nitrogens with two attached hydrogens (primary N) is 2. The van der Waals surface area contributed by atoms with Crippen molar-refractivity contribution in [1.29, 1.82) is 0 Å². The SMILES string of the molecule is Cc1ccc(Nc2ccc(C(N)=O)cc2N)c(C)n1. The van der Waals surface area contributed by atoms with E-state index in [0.29, 0.717) is 11.3 Å². The van der Waals surface area contributed by atoms with E-state index in [1.54, 1.807) is 18.2 Å². The summed E-state index contributed by atoms with van der Waals surface area (Å²) in [5.74, 6) is -0.494. The fourth-order valence-electron chi connectivity index (χ4n) is 1.79. The fraction of sp³-hybridized carbons (Fsp3) is 0.143. The highest BCUT2D eigenvalue weighted by Gasteiger charge is 2.06. The maximum atomic E-state index is 11.1. The number of carbonyl (C=O) groups excluding carboxylic acids is 1. The summed E-state index contributed by atoms with van der Waals surface area (Å²) in [5.41, 5.74) is 15.4. The molecule has 1 aromatic heterocycles. The van der Waals surface area contributed by atoms with E-state index in [1.807, 2.05) is 26.0 Å². The Kier molecular flexibility index (Phi) is 3.37. The number of pyridine rings is 1. The Morgan fingerprint density at radius 3 is 2.42 bits per heavy atom. The number of aromatic nitrogens is 1. The molecular weight excluding hydrogens is 240 g/mol. The summed E-state index contributed by atoms with van der Waals surface area (Å²) in [7, 11) is 0. The number of anilines is 3. The lowest BCUT2D eigenvalue weighted by molar-refractivity contribution is 0.100. The third-order valence-corrected chi connectivity index (χ3v) is 2.83. The molecule has 0 bridgehead atoms. The minimum absolute atomic E-state index is 0.391. The topological polar surface area (TPSA) is 94.0 Å². The van der Waals surface area contributed by atoms with Gasteiger partial charge in [-0.25, -0.2) is 0 Å². The highest BCUT2D eigenvalue weighted by atomic mass is 16.1. The van der Waals surface area contributed by atoms with Crippen LogP contribution in [0.25, 0.3) is 0 Å². The van der Waals surface area contributed by atoms with Gasteiger partial charge in [0, 0.05) is 11.3 Å². The lowest BCUT2D eigenvalue weighted by Gasteiger charge is -2.12. The first kappa shape index (κ1) is 12.9. The Labute approximate surface area is 111 Å². The van der Waals surface area contributed by atoms with Crippen molar-refractivity contribution in [2.24, 2.45) is 5.73 Å². The first-order valence-corrected chi connectivity index (χ1v) is 5.88. The van der Waals surface area contributed by atoms with Crippen molar-refractivity contribution >= 4 is 23.0 Å². The maximum Gasteiger partial charge on any atom is 0.248 e. The van der Waals surface area contributed by atoms with Gasteiger partial charge < -0.3 is 16.8 Å². The normalized spacial score (nSPS) is 10.2. The molecule has 19 heavy (non-hydrogen) atoms. The number of nitrogens with zero attached hydrogens (tertiary/aromatic N) is 1. The van der Waals surface area contributed by atoms with Gasteiger partial charge in [0.05, 0.1) is 22.8 Å². The van der Waals surface area contributed by atoms with Crippen LogP contribution in [-0.2, 0) is 0 Å². The van der Waals surface area contributed by atoms with Crippen LogP contribution in [0.3, 0.4) is 0 Å². The number of amides is 1. The first-order chi connectivity index (χ1) is 8.97. The van der Waals surface area contributed by atoms with Crippen LogP contribution in [0.4, 0.5) is 17.1 Å². The predicted molar refractivity (Wildman–Crippen MR) is 76.4 cm³/mol. The van der Waals surface area contributed by atoms with Gasteiger partial charge >= 0.3 is 0 Å². The quantitative estimate of drug-likeness (QED) is 0.733. The van der Waals surface area contributed by atoms with Crippen LogP contribution in [0.2, 0.25) is 0 Å². The van der Waals surface area contributed by atoms with Crippen molar-refractivity contribution in [1.82, 2.24) is 4.98 Å². The molecule has 5 nitrogen and oxygen atoms in total. The van der Waals surface area contributed by atoms with E-state index in [4.69, 9.17) is 11.5 Å². The molecule has 1 heterocycles. The monoisotopic (exact) mass is 256 g/mol. The Morgan fingerprint density at radius 1 is 1.16 bits per heavy atom. The second-order valence-corrected chi connectivity index (χ2v) is 4.38. The lowest BCUT2D eigenvalue weighted by atomic mass is 10.1. The van der Waals surface area contributed by atoms with Gasteiger partial charge in [0.1, 0.15) is 0 Å². The molecule has 0 aliphatic carbocycles. The summed E-state index contributed by atoms with van der Waals surface area (Å²) in [6.45, 7) is 3.86. The molecule has 0 unspecified atom stereocenters. The van der Waals surface area contributed by atoms with Gasteiger partial charge in [0.2, 0.25) is 5.91 Å². The zero-order valence-corrected chi connectivity index (χ0v) is 10.9. The Hall–Kier alpha value is -2.56. The first-order valence-electron chi connectivity index (χ1n) is 5.88. The van der Waals surface area contributed by atoms with E-state index in [-0.39, 0.29) is 0 Å². The minimum Gasteiger partial charge on any atom is -0.397 e. The Bertz CT molecular complexity index is 637. The van der Waals surface area contributed by atoms with Gasteiger partial charge in [-0.15, -0.1) is 0 Å². The lowest BCUT2D eigenvalue weighted by Crippen LogP contribution is -2.11. The molecule has 1 aromatic carbocycles. The maximum absolute atomic E-state index is 11.1. The van der Waals surface area contributed by atoms with Crippen LogP contribution in [0.5, 0.6) is 0 Å². The van der Waals surface area contributed by atoms with Crippen molar-refractivity contribution in [3.63, 3.8) is 0 Å². The molecule has 98 valence electrons. The number of hydrogen-bond donors (Lipinski definition) is 3. The summed E-state index contributed by atoms with van der Waals surface area (Å²) in [6.07, 6.45) is 0. The van der Waals surface area contributed by atoms with Gasteiger partial charge in [-0.05, 0) is 44.2 Å². The average Bonchev–Trinajstić information content (AvgIpc) is 2.34. The Morgan fingerprint density at radius 2 is 1.84 bits per heavy atom. The summed E-state index contributed by atoms with van der Waals surface area (Å²) >= 11 is 0. The van der Waals surface area contributed by atoms with Crippen molar-refractivity contribution in [2.45, 2.75) is 13.8 Å². The van der Waals surface area contributed by atoms with Crippen molar-refractivity contribution in [2.75, 3.05) is 11.1 Å². The van der Waals surface area contributed by atoms with Gasteiger partial charge in [-0.1, -0.05) is 0 Å². The molecule has 0 radical (unpaired) electrons.